The Kier molecular flexibility index (Phi) is 5.35. The molecule has 0 bridgehead atoms. The summed E-state index contributed by atoms with van der Waals surface area (Å²) in [5, 5.41) is 7.62. The lowest BCUT2D eigenvalue weighted by Gasteiger charge is -2.12. The van der Waals surface area contributed by atoms with Gasteiger partial charge in [-0.2, -0.15) is 5.10 Å². The van der Waals surface area contributed by atoms with E-state index < -0.39 is 23.1 Å². The number of aromatic nitrogens is 2. The molecule has 1 aliphatic heterocycles. The number of carbonyl (C=O) groups excluding carboxylic acids is 1. The molecule has 3 aromatic rings. The second-order valence-corrected chi connectivity index (χ2v) is 7.47. The first-order valence-corrected chi connectivity index (χ1v) is 9.76. The molecule has 0 radical (unpaired) electrons. The number of allylic oxidation sites excluding steroid dienone is 2. The highest BCUT2D eigenvalue weighted by molar-refractivity contribution is 8.11. The quantitative estimate of drug-likeness (QED) is 0.647. The van der Waals surface area contributed by atoms with Crippen LogP contribution in [0, 0.1) is 11.6 Å². The summed E-state index contributed by atoms with van der Waals surface area (Å²) in [4.78, 5) is 13.3. The van der Waals surface area contributed by atoms with Gasteiger partial charge in [-0.15, -0.1) is 0 Å². The van der Waals surface area contributed by atoms with Crippen molar-refractivity contribution in [2.75, 3.05) is 0 Å². The maximum atomic E-state index is 13.9. The molecule has 0 aliphatic carbocycles. The molecule has 1 amide bonds. The number of nitrogens with zero attached hydrogens (tertiary/aromatic N) is 2. The highest BCUT2D eigenvalue weighted by atomic mass is 32.2. The summed E-state index contributed by atoms with van der Waals surface area (Å²) in [7, 11) is 1.82. The SMILES string of the molecule is Cn1nc(-c2ccco2)cc1C1=CCCC=C(NC(=O)c2c(F)cccc2F)S1. The molecule has 3 heterocycles. The van der Waals surface area contributed by atoms with Gasteiger partial charge in [-0.3, -0.25) is 9.48 Å². The van der Waals surface area contributed by atoms with Gasteiger partial charge in [-0.25, -0.2) is 8.78 Å². The van der Waals surface area contributed by atoms with E-state index in [1.165, 1.54) is 17.8 Å². The molecule has 0 saturated heterocycles. The molecule has 1 aliphatic rings. The van der Waals surface area contributed by atoms with Crippen LogP contribution < -0.4 is 5.32 Å². The van der Waals surface area contributed by atoms with Crippen LogP contribution in [0.25, 0.3) is 16.4 Å². The summed E-state index contributed by atoms with van der Waals surface area (Å²) >= 11 is 1.32. The van der Waals surface area contributed by atoms with E-state index in [1.807, 2.05) is 31.3 Å². The van der Waals surface area contributed by atoms with E-state index in [1.54, 1.807) is 17.0 Å². The van der Waals surface area contributed by atoms with E-state index in [4.69, 9.17) is 4.42 Å². The van der Waals surface area contributed by atoms with Crippen molar-refractivity contribution in [1.29, 1.82) is 0 Å². The van der Waals surface area contributed by atoms with Gasteiger partial charge in [0.25, 0.3) is 5.91 Å². The Morgan fingerprint density at radius 2 is 1.93 bits per heavy atom. The van der Waals surface area contributed by atoms with Crippen molar-refractivity contribution in [2.45, 2.75) is 12.8 Å². The van der Waals surface area contributed by atoms with Gasteiger partial charge in [-0.1, -0.05) is 30.0 Å². The first-order valence-electron chi connectivity index (χ1n) is 8.95. The van der Waals surface area contributed by atoms with Crippen molar-refractivity contribution < 1.29 is 18.0 Å². The molecule has 2 aromatic heterocycles. The summed E-state index contributed by atoms with van der Waals surface area (Å²) in [5.41, 5.74) is 0.950. The zero-order valence-corrected chi connectivity index (χ0v) is 16.3. The zero-order chi connectivity index (χ0) is 20.4. The van der Waals surface area contributed by atoms with Crippen LogP contribution in [0.5, 0.6) is 0 Å². The fraction of sp³-hybridized carbons (Fsp3) is 0.143. The molecule has 0 saturated carbocycles. The molecule has 1 N–H and O–H groups in total. The summed E-state index contributed by atoms with van der Waals surface area (Å²) in [6, 6.07) is 8.87. The molecule has 0 fully saturated rings. The molecular formula is C21H17F2N3O2S. The molecule has 148 valence electrons. The second-order valence-electron chi connectivity index (χ2n) is 6.38. The van der Waals surface area contributed by atoms with Gasteiger partial charge in [0.15, 0.2) is 5.76 Å². The van der Waals surface area contributed by atoms with E-state index in [2.05, 4.69) is 10.4 Å². The summed E-state index contributed by atoms with van der Waals surface area (Å²) in [6.07, 6.45) is 6.93. The van der Waals surface area contributed by atoms with Crippen LogP contribution in [0.4, 0.5) is 8.78 Å². The summed E-state index contributed by atoms with van der Waals surface area (Å²) < 4.78 is 35.0. The number of hydrogen-bond donors (Lipinski definition) is 1. The number of amides is 1. The predicted molar refractivity (Wildman–Crippen MR) is 108 cm³/mol. The van der Waals surface area contributed by atoms with Gasteiger partial charge in [0.2, 0.25) is 0 Å². The van der Waals surface area contributed by atoms with Gasteiger partial charge in [0.1, 0.15) is 22.9 Å². The summed E-state index contributed by atoms with van der Waals surface area (Å²) in [5.74, 6) is -1.95. The monoisotopic (exact) mass is 413 g/mol. The maximum absolute atomic E-state index is 13.9. The number of rotatable bonds is 4. The Morgan fingerprint density at radius 1 is 1.17 bits per heavy atom. The van der Waals surface area contributed by atoms with Crippen LogP contribution in [-0.2, 0) is 7.05 Å². The molecule has 5 nitrogen and oxygen atoms in total. The van der Waals surface area contributed by atoms with Crippen LogP contribution in [0.1, 0.15) is 28.9 Å². The topological polar surface area (TPSA) is 60.1 Å². The van der Waals surface area contributed by atoms with E-state index in [0.29, 0.717) is 22.9 Å². The van der Waals surface area contributed by atoms with Gasteiger partial charge < -0.3 is 9.73 Å². The Morgan fingerprint density at radius 3 is 2.66 bits per heavy atom. The normalized spacial score (nSPS) is 14.2. The van der Waals surface area contributed by atoms with Crippen LogP contribution in [0.3, 0.4) is 0 Å². The van der Waals surface area contributed by atoms with E-state index in [-0.39, 0.29) is 0 Å². The fourth-order valence-corrected chi connectivity index (χ4v) is 4.07. The molecule has 0 spiro atoms. The first kappa shape index (κ1) is 19.2. The number of furan rings is 1. The number of aryl methyl sites for hydroxylation is 1. The van der Waals surface area contributed by atoms with E-state index >= 15 is 0 Å². The summed E-state index contributed by atoms with van der Waals surface area (Å²) in [6.45, 7) is 0. The standard InChI is InChI=1S/C21H17F2N3O2S/c1-26-16(12-15(25-26)17-8-5-11-28-17)18-9-2-3-10-19(29-18)24-21(27)20-13(22)6-4-7-14(20)23/h4-12H,2-3H2,1H3,(H,24,27). The Labute approximate surface area is 170 Å². The van der Waals surface area contributed by atoms with Crippen LogP contribution in [-0.4, -0.2) is 15.7 Å². The molecule has 0 unspecified atom stereocenters. The lowest BCUT2D eigenvalue weighted by atomic mass is 10.2. The highest BCUT2D eigenvalue weighted by Gasteiger charge is 2.21. The van der Waals surface area contributed by atoms with Gasteiger partial charge in [0.05, 0.1) is 17.0 Å². The van der Waals surface area contributed by atoms with E-state index in [9.17, 15) is 13.6 Å². The second kappa shape index (κ2) is 8.08. The van der Waals surface area contributed by atoms with Gasteiger partial charge >= 0.3 is 0 Å². The highest BCUT2D eigenvalue weighted by Crippen LogP contribution is 2.37. The third-order valence-electron chi connectivity index (χ3n) is 4.38. The van der Waals surface area contributed by atoms with Crippen molar-refractivity contribution in [1.82, 2.24) is 15.1 Å². The number of benzene rings is 1. The molecule has 29 heavy (non-hydrogen) atoms. The minimum atomic E-state index is -0.896. The van der Waals surface area contributed by atoms with Gasteiger partial charge in [-0.05, 0) is 43.2 Å². The fourth-order valence-electron chi connectivity index (χ4n) is 3.00. The third-order valence-corrected chi connectivity index (χ3v) is 5.46. The smallest absolute Gasteiger partial charge is 0.262 e. The maximum Gasteiger partial charge on any atom is 0.262 e. The Hall–Kier alpha value is -3.13. The third kappa shape index (κ3) is 4.02. The van der Waals surface area contributed by atoms with Crippen molar-refractivity contribution in [3.63, 3.8) is 0 Å². The van der Waals surface area contributed by atoms with E-state index in [0.717, 1.165) is 29.2 Å². The molecule has 1 aromatic carbocycles. The number of hydrogen-bond acceptors (Lipinski definition) is 4. The number of thioether (sulfide) groups is 1. The van der Waals surface area contributed by atoms with Gasteiger partial charge in [0, 0.05) is 12.0 Å². The van der Waals surface area contributed by atoms with Crippen molar-refractivity contribution in [3.8, 4) is 11.5 Å². The van der Waals surface area contributed by atoms with Crippen LogP contribution >= 0.6 is 11.8 Å². The van der Waals surface area contributed by atoms with Crippen molar-refractivity contribution in [2.24, 2.45) is 7.05 Å². The number of nitrogens with one attached hydrogen (secondary N) is 1. The van der Waals surface area contributed by atoms with Crippen molar-refractivity contribution in [3.05, 3.63) is 82.7 Å². The largest absolute Gasteiger partial charge is 0.463 e. The minimum Gasteiger partial charge on any atom is -0.463 e. The van der Waals surface area contributed by atoms with Crippen LogP contribution in [0.15, 0.2) is 64.3 Å². The zero-order valence-electron chi connectivity index (χ0n) is 15.5. The predicted octanol–water partition coefficient (Wildman–Crippen LogP) is 5.10. The average molecular weight is 413 g/mol. The molecule has 4 rings (SSSR count). The Balaban J connectivity index is 1.56. The minimum absolute atomic E-state index is 0.516. The lowest BCUT2D eigenvalue weighted by Crippen LogP contribution is -2.23. The first-order chi connectivity index (χ1) is 14.0. The Bertz CT molecular complexity index is 1100. The number of halogens is 2. The lowest BCUT2D eigenvalue weighted by molar-refractivity contribution is 0.0960. The average Bonchev–Trinajstić information content (AvgIpc) is 3.28. The van der Waals surface area contributed by atoms with Crippen LogP contribution in [0.2, 0.25) is 0 Å². The molecule has 8 heteroatoms. The number of carbonyl (C=O) groups is 1. The molecular weight excluding hydrogens is 396 g/mol. The van der Waals surface area contributed by atoms with Crippen molar-refractivity contribution >= 4 is 22.6 Å². The molecule has 0 atom stereocenters.